The molecule has 0 saturated carbocycles. The Balaban J connectivity index is -0.000000176. The quantitative estimate of drug-likeness (QED) is 0.0170. The van der Waals surface area contributed by atoms with Crippen LogP contribution in [0.1, 0.15) is 96.9 Å². The number of nitrogens with one attached hydrogen (secondary N) is 2. The number of alkyl carbamates (subject to hydrolysis) is 2. The van der Waals surface area contributed by atoms with Crippen molar-refractivity contribution in [2.45, 2.75) is 239 Å². The first-order chi connectivity index (χ1) is 31.6. The molecule has 0 radical (unpaired) electrons. The van der Waals surface area contributed by atoms with Gasteiger partial charge in [-0.1, -0.05) is 42.9 Å². The summed E-state index contributed by atoms with van der Waals surface area (Å²) >= 11 is 0. The second-order valence-corrected chi connectivity index (χ2v) is 51.3. The molecule has 0 rings (SSSR count). The zero-order chi connectivity index (χ0) is 56.1. The number of esters is 2. The summed E-state index contributed by atoms with van der Waals surface area (Å²) in [5.74, 6) is -1.10. The van der Waals surface area contributed by atoms with Crippen molar-refractivity contribution < 1.29 is 77.8 Å². The first-order valence-electron chi connectivity index (χ1n) is 23.5. The standard InChI is InChI=1S/C22H49NO8Si4.C20H43NO7Si3.2CH2O.4CH4/c1-18(2)21(24)28-20(4)27-19(3)23-22(25)26-16-14-15-17-35(29-32(5,6)7,30-33(8,9)10)31-34(11,12)13;1-16(2)19(22)26-18(4)25-17(3)21-20(23)24-14-12-13-15-31(11,27-29(5,6)7)28-30(8,9)10;2*1-2;;;;/h19-20H,1,14-17H2,2-13H3,(H,23,25);17-18H,1,12-15H2,2-11H3,(H,21,23);2*1H2;4*1H4. The summed E-state index contributed by atoms with van der Waals surface area (Å²) in [6.45, 7) is 55.7. The molecule has 2 amide bonds. The minimum atomic E-state index is -2.88. The second kappa shape index (κ2) is 41.6. The Morgan fingerprint density at radius 2 is 0.689 bits per heavy atom. The van der Waals surface area contributed by atoms with E-state index in [1.165, 1.54) is 0 Å². The first kappa shape index (κ1) is 88.2. The van der Waals surface area contributed by atoms with Crippen LogP contribution in [0.5, 0.6) is 0 Å². The van der Waals surface area contributed by atoms with Gasteiger partial charge in [-0.25, -0.2) is 19.2 Å². The van der Waals surface area contributed by atoms with Crippen molar-refractivity contribution in [3.63, 3.8) is 0 Å². The molecule has 0 aliphatic carbocycles. The van der Waals surface area contributed by atoms with Crippen molar-refractivity contribution in [1.82, 2.24) is 10.6 Å². The highest BCUT2D eigenvalue weighted by atomic mass is 28.5. The zero-order valence-corrected chi connectivity index (χ0v) is 54.2. The van der Waals surface area contributed by atoms with Crippen LogP contribution in [-0.2, 0) is 68.2 Å². The number of carbonyl (C=O) groups excluding carboxylic acids is 6. The number of amides is 2. The molecule has 0 heterocycles. The fourth-order valence-corrected chi connectivity index (χ4v) is 33.3. The minimum Gasteiger partial charge on any atom is -0.450 e. The molecule has 444 valence electrons. The van der Waals surface area contributed by atoms with Crippen molar-refractivity contribution in [2.24, 2.45) is 0 Å². The highest BCUT2D eigenvalue weighted by Gasteiger charge is 2.49. The van der Waals surface area contributed by atoms with Gasteiger partial charge in [-0.2, -0.15) is 0 Å². The fraction of sp³-hybridized carbons (Fsp3) is 0.792. The molecule has 0 saturated heterocycles. The van der Waals surface area contributed by atoms with Crippen LogP contribution in [0.15, 0.2) is 24.3 Å². The topological polar surface area (TPSA) is 228 Å². The van der Waals surface area contributed by atoms with Gasteiger partial charge in [-0.05, 0) is 178 Å². The lowest BCUT2D eigenvalue weighted by Crippen LogP contribution is -2.60. The monoisotopic (exact) mass is 1180 g/mol. The molecule has 0 fully saturated rings. The van der Waals surface area contributed by atoms with E-state index in [2.05, 4.69) is 129 Å². The predicted octanol–water partition coefficient (Wildman–Crippen LogP) is 13.1. The summed E-state index contributed by atoms with van der Waals surface area (Å²) < 4.78 is 64.3. The van der Waals surface area contributed by atoms with Crippen LogP contribution in [0.2, 0.25) is 117 Å². The van der Waals surface area contributed by atoms with Gasteiger partial charge in [0.1, 0.15) is 26.0 Å². The Labute approximate surface area is 459 Å². The normalized spacial score (nSPS) is 13.2. The van der Waals surface area contributed by atoms with E-state index in [1.54, 1.807) is 41.5 Å². The van der Waals surface area contributed by atoms with Crippen LogP contribution in [0.4, 0.5) is 9.59 Å². The maximum absolute atomic E-state index is 12.1. The largest absolute Gasteiger partial charge is 0.469 e. The summed E-state index contributed by atoms with van der Waals surface area (Å²) in [6, 6.07) is 1.57. The van der Waals surface area contributed by atoms with Crippen molar-refractivity contribution in [3.8, 4) is 0 Å². The smallest absolute Gasteiger partial charge is 0.450 e. The molecule has 19 nitrogen and oxygen atoms in total. The van der Waals surface area contributed by atoms with Gasteiger partial charge < -0.3 is 58.6 Å². The van der Waals surface area contributed by atoms with Gasteiger partial charge in [-0.15, -0.1) is 0 Å². The average Bonchev–Trinajstić information content (AvgIpc) is 3.12. The van der Waals surface area contributed by atoms with Crippen LogP contribution in [0.3, 0.4) is 0 Å². The van der Waals surface area contributed by atoms with E-state index in [9.17, 15) is 19.2 Å². The molecule has 4 unspecified atom stereocenters. The molecule has 26 heteroatoms. The highest BCUT2D eigenvalue weighted by molar-refractivity contribution is 6.90. The lowest BCUT2D eigenvalue weighted by molar-refractivity contribution is -0.182. The number of unbranched alkanes of at least 4 members (excludes halogenated alkanes) is 2. The fourth-order valence-electron chi connectivity index (χ4n) is 5.97. The second-order valence-electron chi connectivity index (χ2n) is 21.4. The van der Waals surface area contributed by atoms with E-state index in [4.69, 9.17) is 58.6 Å². The number of hydrogen-bond acceptors (Lipinski definition) is 17. The first-order valence-corrected chi connectivity index (χ1v) is 45.0. The van der Waals surface area contributed by atoms with E-state index in [0.29, 0.717) is 19.1 Å². The van der Waals surface area contributed by atoms with Crippen LogP contribution in [-0.4, -0.2) is 135 Å². The summed E-state index contributed by atoms with van der Waals surface area (Å²) in [5, 5.41) is 5.12. The van der Waals surface area contributed by atoms with Gasteiger partial charge in [0, 0.05) is 17.2 Å². The van der Waals surface area contributed by atoms with E-state index in [-0.39, 0.29) is 47.5 Å². The molecule has 0 aromatic carbocycles. The van der Waals surface area contributed by atoms with Crippen molar-refractivity contribution >= 4 is 96.7 Å². The van der Waals surface area contributed by atoms with Crippen LogP contribution in [0.25, 0.3) is 0 Å². The van der Waals surface area contributed by atoms with Gasteiger partial charge in [0.2, 0.25) is 12.6 Å². The van der Waals surface area contributed by atoms with Crippen molar-refractivity contribution in [2.75, 3.05) is 13.2 Å². The van der Waals surface area contributed by atoms with Gasteiger partial charge in [0.25, 0.3) is 0 Å². The van der Waals surface area contributed by atoms with Crippen LogP contribution in [0, 0.1) is 0 Å². The molecule has 4 atom stereocenters. The number of ether oxygens (including phenoxy) is 6. The summed E-state index contributed by atoms with van der Waals surface area (Å²) in [6.07, 6.45) is -1.20. The van der Waals surface area contributed by atoms with E-state index in [1.807, 2.05) is 13.6 Å². The van der Waals surface area contributed by atoms with Gasteiger partial charge in [0.05, 0.1) is 13.2 Å². The Morgan fingerprint density at radius 1 is 0.432 bits per heavy atom. The molecule has 0 spiro atoms. The molecular weight excluding hydrogens is 1070 g/mol. The van der Waals surface area contributed by atoms with Gasteiger partial charge in [0.15, 0.2) is 41.6 Å². The number of carbonyl (C=O) groups is 6. The Bertz CT molecular complexity index is 1510. The molecule has 0 bridgehead atoms. The summed E-state index contributed by atoms with van der Waals surface area (Å²) in [4.78, 5) is 63.0. The van der Waals surface area contributed by atoms with E-state index in [0.717, 1.165) is 25.3 Å². The minimum absolute atomic E-state index is 0. The van der Waals surface area contributed by atoms with E-state index < -0.39 is 108 Å². The number of hydrogen-bond donors (Lipinski definition) is 2. The van der Waals surface area contributed by atoms with Gasteiger partial charge in [-0.3, -0.25) is 10.6 Å². The van der Waals surface area contributed by atoms with E-state index >= 15 is 0 Å². The van der Waals surface area contributed by atoms with Crippen molar-refractivity contribution in [1.29, 1.82) is 0 Å². The lowest BCUT2D eigenvalue weighted by atomic mass is 10.4. The molecule has 0 aromatic heterocycles. The van der Waals surface area contributed by atoms with Crippen molar-refractivity contribution in [3.05, 3.63) is 24.3 Å². The number of rotatable bonds is 30. The lowest BCUT2D eigenvalue weighted by Gasteiger charge is -2.43. The summed E-state index contributed by atoms with van der Waals surface area (Å²) in [5.41, 5.74) is 0.549. The average molecular weight is 1190 g/mol. The molecule has 0 aromatic rings. The SMILES string of the molecule is C.C.C.C.C=C(C)C(=O)OC(C)OC(C)NC(=O)OCCCC[Si](C)(O[Si](C)(C)C)O[Si](C)(C)C.C=C(C)C(=O)OC(C)OC(C)NC(=O)OCCCC[Si](O[Si](C)(C)C)(O[Si](C)(C)C)O[Si](C)(C)C.C=O.C=O. The zero-order valence-electron chi connectivity index (χ0n) is 47.2. The molecule has 0 aliphatic heterocycles. The maximum atomic E-state index is 12.1. The summed E-state index contributed by atoms with van der Waals surface area (Å²) in [7, 11) is -14.3. The maximum Gasteiger partial charge on any atom is 0.469 e. The van der Waals surface area contributed by atoms with Crippen LogP contribution < -0.4 is 10.6 Å². The Hall–Kier alpha value is -2.46. The molecule has 74 heavy (non-hydrogen) atoms. The third kappa shape index (κ3) is 54.3. The Kier molecular flexibility index (Phi) is 49.6. The Morgan fingerprint density at radius 3 is 0.932 bits per heavy atom. The predicted molar refractivity (Wildman–Crippen MR) is 320 cm³/mol. The third-order valence-corrected chi connectivity index (χ3v) is 29.1. The third-order valence-electron chi connectivity index (χ3n) is 7.47. The molecular formula is C48H112N2O17Si7. The van der Waals surface area contributed by atoms with Gasteiger partial charge >= 0.3 is 41.5 Å². The molecule has 2 N–H and O–H groups in total. The molecule has 0 aliphatic rings. The van der Waals surface area contributed by atoms with Crippen LogP contribution >= 0.6 is 0 Å². The highest BCUT2D eigenvalue weighted by Crippen LogP contribution is 2.31.